The summed E-state index contributed by atoms with van der Waals surface area (Å²) in [5.41, 5.74) is 0.0953. The molecule has 6 heteroatoms. The fraction of sp³-hybridized carbons (Fsp3) is 0.500. The zero-order chi connectivity index (χ0) is 14.6. The first-order valence-electron chi connectivity index (χ1n) is 6.50. The highest BCUT2D eigenvalue weighted by molar-refractivity contribution is 6.34. The van der Waals surface area contributed by atoms with Crippen LogP contribution in [0, 0.1) is 5.41 Å². The number of amides is 1. The van der Waals surface area contributed by atoms with Crippen molar-refractivity contribution in [2.24, 2.45) is 5.41 Å². The van der Waals surface area contributed by atoms with Gasteiger partial charge in [-0.1, -0.05) is 23.2 Å². The number of carbonyl (C=O) groups excluding carboxylic acids is 1. The number of carbonyl (C=O) groups is 1. The lowest BCUT2D eigenvalue weighted by molar-refractivity contribution is -0.123. The molecule has 110 valence electrons. The smallest absolute Gasteiger partial charge is 0.257 e. The molecule has 2 N–H and O–H groups in total. The predicted molar refractivity (Wildman–Crippen MR) is 78.3 cm³/mol. The summed E-state index contributed by atoms with van der Waals surface area (Å²) in [5.74, 6) is 0.191. The molecule has 1 aromatic rings. The van der Waals surface area contributed by atoms with Crippen LogP contribution in [0.2, 0.25) is 10.0 Å². The van der Waals surface area contributed by atoms with Crippen molar-refractivity contribution in [3.63, 3.8) is 0 Å². The van der Waals surface area contributed by atoms with Crippen molar-refractivity contribution < 1.29 is 14.6 Å². The minimum Gasteiger partial charge on any atom is -0.482 e. The summed E-state index contributed by atoms with van der Waals surface area (Å²) >= 11 is 11.8. The van der Waals surface area contributed by atoms with Crippen LogP contribution in [0.3, 0.4) is 0 Å². The van der Waals surface area contributed by atoms with Crippen molar-refractivity contribution in [1.29, 1.82) is 0 Å². The van der Waals surface area contributed by atoms with Gasteiger partial charge < -0.3 is 15.2 Å². The SMILES string of the molecule is O=C(COc1cc(Cl)ccc1Cl)NCC1(CCO)CC1. The van der Waals surface area contributed by atoms with Crippen molar-refractivity contribution >= 4 is 29.1 Å². The van der Waals surface area contributed by atoms with Crippen LogP contribution in [0.5, 0.6) is 5.75 Å². The molecule has 2 rings (SSSR count). The molecule has 1 fully saturated rings. The molecule has 0 saturated heterocycles. The van der Waals surface area contributed by atoms with Crippen molar-refractivity contribution in [1.82, 2.24) is 5.32 Å². The fourth-order valence-electron chi connectivity index (χ4n) is 2.00. The second kappa shape index (κ2) is 6.66. The first-order chi connectivity index (χ1) is 9.54. The highest BCUT2D eigenvalue weighted by atomic mass is 35.5. The third kappa shape index (κ3) is 4.27. The van der Waals surface area contributed by atoms with Crippen LogP contribution in [0.4, 0.5) is 0 Å². The number of rotatable bonds is 7. The fourth-order valence-corrected chi connectivity index (χ4v) is 2.33. The maximum absolute atomic E-state index is 11.7. The molecule has 0 unspecified atom stereocenters. The Morgan fingerprint density at radius 1 is 1.40 bits per heavy atom. The summed E-state index contributed by atoms with van der Waals surface area (Å²) < 4.78 is 5.35. The van der Waals surface area contributed by atoms with Crippen molar-refractivity contribution in [3.8, 4) is 5.75 Å². The highest BCUT2D eigenvalue weighted by Crippen LogP contribution is 2.47. The van der Waals surface area contributed by atoms with E-state index in [1.807, 2.05) is 0 Å². The average Bonchev–Trinajstić information content (AvgIpc) is 3.18. The second-order valence-corrected chi connectivity index (χ2v) is 5.96. The van der Waals surface area contributed by atoms with Gasteiger partial charge >= 0.3 is 0 Å². The van der Waals surface area contributed by atoms with Crippen LogP contribution in [-0.4, -0.2) is 30.8 Å². The van der Waals surface area contributed by atoms with Crippen molar-refractivity contribution in [2.75, 3.05) is 19.8 Å². The van der Waals surface area contributed by atoms with Gasteiger partial charge in [-0.15, -0.1) is 0 Å². The number of aliphatic hydroxyl groups is 1. The summed E-state index contributed by atoms with van der Waals surface area (Å²) in [4.78, 5) is 11.7. The first kappa shape index (κ1) is 15.4. The molecule has 0 aliphatic heterocycles. The summed E-state index contributed by atoms with van der Waals surface area (Å²) in [6.45, 7) is 0.638. The third-order valence-electron chi connectivity index (χ3n) is 3.51. The maximum atomic E-state index is 11.7. The van der Waals surface area contributed by atoms with Gasteiger partial charge in [0.25, 0.3) is 5.91 Å². The Balaban J connectivity index is 1.76. The molecule has 1 saturated carbocycles. The highest BCUT2D eigenvalue weighted by Gasteiger charge is 2.41. The topological polar surface area (TPSA) is 58.6 Å². The van der Waals surface area contributed by atoms with E-state index in [2.05, 4.69) is 5.32 Å². The van der Waals surface area contributed by atoms with Gasteiger partial charge in [0.2, 0.25) is 0 Å². The Morgan fingerprint density at radius 2 is 2.15 bits per heavy atom. The molecule has 20 heavy (non-hydrogen) atoms. The van der Waals surface area contributed by atoms with Crippen molar-refractivity contribution in [2.45, 2.75) is 19.3 Å². The number of aliphatic hydroxyl groups excluding tert-OH is 1. The number of halogens is 2. The van der Waals surface area contributed by atoms with Crippen LogP contribution in [-0.2, 0) is 4.79 Å². The quantitative estimate of drug-likeness (QED) is 0.812. The molecule has 1 amide bonds. The Kier molecular flexibility index (Phi) is 5.13. The first-order valence-corrected chi connectivity index (χ1v) is 7.26. The van der Waals surface area contributed by atoms with E-state index in [1.54, 1.807) is 18.2 Å². The van der Waals surface area contributed by atoms with E-state index in [9.17, 15) is 4.79 Å². The number of hydrogen-bond acceptors (Lipinski definition) is 3. The van der Waals surface area contributed by atoms with Gasteiger partial charge in [-0.3, -0.25) is 4.79 Å². The van der Waals surface area contributed by atoms with Crippen LogP contribution in [0.15, 0.2) is 18.2 Å². The second-order valence-electron chi connectivity index (χ2n) is 5.11. The lowest BCUT2D eigenvalue weighted by Gasteiger charge is -2.15. The molecule has 4 nitrogen and oxygen atoms in total. The zero-order valence-corrected chi connectivity index (χ0v) is 12.5. The molecular weight excluding hydrogens is 301 g/mol. The molecule has 0 bridgehead atoms. The molecule has 0 aromatic heterocycles. The normalized spacial score (nSPS) is 15.8. The van der Waals surface area contributed by atoms with E-state index in [0.29, 0.717) is 22.3 Å². The largest absolute Gasteiger partial charge is 0.482 e. The predicted octanol–water partition coefficient (Wildman–Crippen LogP) is 2.65. The standard InChI is InChI=1S/C14H17Cl2NO3/c15-10-1-2-11(16)12(7-10)20-8-13(19)17-9-14(3-4-14)5-6-18/h1-2,7,18H,3-6,8-9H2,(H,17,19). The average molecular weight is 318 g/mol. The van der Waals surface area contributed by atoms with Gasteiger partial charge in [0.05, 0.1) is 5.02 Å². The number of nitrogens with one attached hydrogen (secondary N) is 1. The molecular formula is C14H17Cl2NO3. The molecule has 0 spiro atoms. The minimum absolute atomic E-state index is 0.0953. The molecule has 0 heterocycles. The zero-order valence-electron chi connectivity index (χ0n) is 11.0. The van der Waals surface area contributed by atoms with E-state index in [0.717, 1.165) is 19.3 Å². The summed E-state index contributed by atoms with van der Waals surface area (Å²) in [6.07, 6.45) is 2.83. The van der Waals surface area contributed by atoms with E-state index in [1.165, 1.54) is 0 Å². The summed E-state index contributed by atoms with van der Waals surface area (Å²) in [5, 5.41) is 12.7. The molecule has 1 aliphatic rings. The van der Waals surface area contributed by atoms with E-state index in [-0.39, 0.29) is 24.5 Å². The summed E-state index contributed by atoms with van der Waals surface area (Å²) in [6, 6.07) is 4.85. The lowest BCUT2D eigenvalue weighted by Crippen LogP contribution is -2.34. The Bertz CT molecular complexity index is 489. The van der Waals surface area contributed by atoms with Crippen LogP contribution < -0.4 is 10.1 Å². The van der Waals surface area contributed by atoms with Crippen LogP contribution in [0.25, 0.3) is 0 Å². The number of ether oxygens (including phenoxy) is 1. The van der Waals surface area contributed by atoms with Gasteiger partial charge in [0.1, 0.15) is 5.75 Å². The number of hydrogen-bond donors (Lipinski definition) is 2. The summed E-state index contributed by atoms with van der Waals surface area (Å²) in [7, 11) is 0. The Morgan fingerprint density at radius 3 is 2.80 bits per heavy atom. The third-order valence-corrected chi connectivity index (χ3v) is 4.06. The lowest BCUT2D eigenvalue weighted by atomic mass is 10.0. The van der Waals surface area contributed by atoms with Crippen molar-refractivity contribution in [3.05, 3.63) is 28.2 Å². The van der Waals surface area contributed by atoms with E-state index in [4.69, 9.17) is 33.0 Å². The number of benzene rings is 1. The maximum Gasteiger partial charge on any atom is 0.257 e. The molecule has 1 aromatic carbocycles. The molecule has 1 aliphatic carbocycles. The van der Waals surface area contributed by atoms with E-state index >= 15 is 0 Å². The monoisotopic (exact) mass is 317 g/mol. The minimum atomic E-state index is -0.203. The van der Waals surface area contributed by atoms with Gasteiger partial charge in [0, 0.05) is 24.2 Å². The van der Waals surface area contributed by atoms with Crippen LogP contribution in [0.1, 0.15) is 19.3 Å². The Hall–Kier alpha value is -0.970. The van der Waals surface area contributed by atoms with Gasteiger partial charge in [-0.05, 0) is 36.8 Å². The molecule has 0 radical (unpaired) electrons. The van der Waals surface area contributed by atoms with Gasteiger partial charge in [0.15, 0.2) is 6.61 Å². The molecule has 0 atom stereocenters. The van der Waals surface area contributed by atoms with Crippen LogP contribution >= 0.6 is 23.2 Å². The van der Waals surface area contributed by atoms with Gasteiger partial charge in [-0.2, -0.15) is 0 Å². The van der Waals surface area contributed by atoms with Gasteiger partial charge in [-0.25, -0.2) is 0 Å². The Labute approximate surface area is 128 Å². The van der Waals surface area contributed by atoms with E-state index < -0.39 is 0 Å².